The van der Waals surface area contributed by atoms with Crippen molar-refractivity contribution in [3.05, 3.63) is 42.0 Å². The molecule has 0 aliphatic carbocycles. The second-order valence-electron chi connectivity index (χ2n) is 6.41. The number of hydrogen-bond acceptors (Lipinski definition) is 4. The number of likely N-dealkylation sites (tertiary alicyclic amines) is 1. The van der Waals surface area contributed by atoms with Crippen LogP contribution in [0, 0.1) is 0 Å². The number of benzene rings is 1. The van der Waals surface area contributed by atoms with Crippen molar-refractivity contribution in [3.63, 3.8) is 0 Å². The lowest BCUT2D eigenvalue weighted by Gasteiger charge is -2.21. The molecule has 0 saturated carbocycles. The first kappa shape index (κ1) is 21.5. The maximum atomic E-state index is 5.26. The number of aromatic nitrogens is 3. The third-order valence-corrected chi connectivity index (χ3v) is 4.82. The molecule has 2 heterocycles. The summed E-state index contributed by atoms with van der Waals surface area (Å²) in [6.07, 6.45) is 2.88. The van der Waals surface area contributed by atoms with Gasteiger partial charge in [-0.2, -0.15) is 0 Å². The Bertz CT molecular complexity index is 730. The molecule has 8 heteroatoms. The highest BCUT2D eigenvalue weighted by Crippen LogP contribution is 2.28. The van der Waals surface area contributed by atoms with Gasteiger partial charge in [0.15, 0.2) is 11.8 Å². The predicted octanol–water partition coefficient (Wildman–Crippen LogP) is 2.88. The van der Waals surface area contributed by atoms with E-state index in [1.54, 1.807) is 13.4 Å². The third-order valence-electron chi connectivity index (χ3n) is 4.82. The molecule has 1 aromatic heterocycles. The van der Waals surface area contributed by atoms with Crippen molar-refractivity contribution in [2.24, 2.45) is 4.99 Å². The van der Waals surface area contributed by atoms with Crippen LogP contribution in [0.2, 0.25) is 0 Å². The van der Waals surface area contributed by atoms with E-state index < -0.39 is 0 Å². The maximum Gasteiger partial charge on any atom is 0.194 e. The molecular formula is C19H29IN6O. The topological polar surface area (TPSA) is 67.6 Å². The van der Waals surface area contributed by atoms with Crippen LogP contribution >= 0.6 is 24.0 Å². The SMILES string of the molecule is CCNC(=NCc1nncn1CC)N1CCC(c2ccc(OC)cc2)C1.I. The predicted molar refractivity (Wildman–Crippen MR) is 118 cm³/mol. The third kappa shape index (κ3) is 5.33. The molecule has 27 heavy (non-hydrogen) atoms. The lowest BCUT2D eigenvalue weighted by molar-refractivity contribution is 0.414. The summed E-state index contributed by atoms with van der Waals surface area (Å²) in [5, 5.41) is 11.6. The summed E-state index contributed by atoms with van der Waals surface area (Å²) < 4.78 is 7.28. The molecule has 1 unspecified atom stereocenters. The Hall–Kier alpha value is -1.84. The number of guanidine groups is 1. The molecule has 1 aliphatic heterocycles. The Balaban J connectivity index is 0.00000261. The summed E-state index contributed by atoms with van der Waals surface area (Å²) in [5.74, 6) is 3.27. The minimum Gasteiger partial charge on any atom is -0.497 e. The average Bonchev–Trinajstić information content (AvgIpc) is 3.34. The van der Waals surface area contributed by atoms with Crippen LogP contribution in [0.1, 0.15) is 37.6 Å². The molecule has 0 radical (unpaired) electrons. The lowest BCUT2D eigenvalue weighted by atomic mass is 9.98. The van der Waals surface area contributed by atoms with E-state index in [9.17, 15) is 0 Å². The van der Waals surface area contributed by atoms with Crippen molar-refractivity contribution in [3.8, 4) is 5.75 Å². The molecule has 1 fully saturated rings. The Morgan fingerprint density at radius 2 is 2.07 bits per heavy atom. The van der Waals surface area contributed by atoms with Gasteiger partial charge in [0.25, 0.3) is 0 Å². The highest BCUT2D eigenvalue weighted by molar-refractivity contribution is 14.0. The summed E-state index contributed by atoms with van der Waals surface area (Å²) in [4.78, 5) is 7.13. The number of aryl methyl sites for hydroxylation is 1. The van der Waals surface area contributed by atoms with Crippen molar-refractivity contribution in [1.82, 2.24) is 25.0 Å². The van der Waals surface area contributed by atoms with Gasteiger partial charge < -0.3 is 19.5 Å². The van der Waals surface area contributed by atoms with E-state index in [0.29, 0.717) is 12.5 Å². The van der Waals surface area contributed by atoms with Crippen LogP contribution in [0.4, 0.5) is 0 Å². The molecule has 148 valence electrons. The smallest absolute Gasteiger partial charge is 0.194 e. The maximum absolute atomic E-state index is 5.26. The first-order valence-corrected chi connectivity index (χ1v) is 9.29. The van der Waals surface area contributed by atoms with E-state index in [0.717, 1.165) is 50.1 Å². The quantitative estimate of drug-likeness (QED) is 0.388. The van der Waals surface area contributed by atoms with Crippen LogP contribution in [-0.4, -0.2) is 52.4 Å². The van der Waals surface area contributed by atoms with Crippen molar-refractivity contribution < 1.29 is 4.74 Å². The van der Waals surface area contributed by atoms with Crippen LogP contribution in [-0.2, 0) is 13.1 Å². The van der Waals surface area contributed by atoms with Gasteiger partial charge in [-0.1, -0.05) is 12.1 Å². The first-order valence-electron chi connectivity index (χ1n) is 9.29. The minimum absolute atomic E-state index is 0. The van der Waals surface area contributed by atoms with Crippen molar-refractivity contribution in [2.75, 3.05) is 26.7 Å². The fourth-order valence-electron chi connectivity index (χ4n) is 3.34. The molecular weight excluding hydrogens is 455 g/mol. The lowest BCUT2D eigenvalue weighted by Crippen LogP contribution is -2.40. The summed E-state index contributed by atoms with van der Waals surface area (Å²) >= 11 is 0. The number of nitrogens with zero attached hydrogens (tertiary/aromatic N) is 5. The van der Waals surface area contributed by atoms with Gasteiger partial charge in [0.2, 0.25) is 0 Å². The first-order chi connectivity index (χ1) is 12.7. The summed E-state index contributed by atoms with van der Waals surface area (Å²) in [5.41, 5.74) is 1.36. The molecule has 0 bridgehead atoms. The van der Waals surface area contributed by atoms with Gasteiger partial charge in [-0.15, -0.1) is 34.2 Å². The largest absolute Gasteiger partial charge is 0.497 e. The molecule has 1 N–H and O–H groups in total. The van der Waals surface area contributed by atoms with E-state index in [-0.39, 0.29) is 24.0 Å². The van der Waals surface area contributed by atoms with Crippen LogP contribution in [0.15, 0.2) is 35.6 Å². The number of methoxy groups -OCH3 is 1. The average molecular weight is 484 g/mol. The molecule has 0 spiro atoms. The van der Waals surface area contributed by atoms with Gasteiger partial charge in [-0.05, 0) is 38.0 Å². The Morgan fingerprint density at radius 1 is 1.30 bits per heavy atom. The zero-order chi connectivity index (χ0) is 18.4. The van der Waals surface area contributed by atoms with Gasteiger partial charge >= 0.3 is 0 Å². The highest BCUT2D eigenvalue weighted by atomic mass is 127. The van der Waals surface area contributed by atoms with Crippen molar-refractivity contribution >= 4 is 29.9 Å². The van der Waals surface area contributed by atoms with E-state index in [1.807, 2.05) is 16.7 Å². The van der Waals surface area contributed by atoms with Gasteiger partial charge in [-0.25, -0.2) is 4.99 Å². The van der Waals surface area contributed by atoms with E-state index >= 15 is 0 Å². The van der Waals surface area contributed by atoms with E-state index in [4.69, 9.17) is 9.73 Å². The van der Waals surface area contributed by atoms with Gasteiger partial charge in [0.1, 0.15) is 18.6 Å². The fraction of sp³-hybridized carbons (Fsp3) is 0.526. The molecule has 7 nitrogen and oxygen atoms in total. The van der Waals surface area contributed by atoms with Gasteiger partial charge in [0.05, 0.1) is 7.11 Å². The molecule has 2 aromatic rings. The van der Waals surface area contributed by atoms with Crippen LogP contribution in [0.25, 0.3) is 0 Å². The second kappa shape index (κ2) is 10.5. The standard InChI is InChI=1S/C19H28N6O.HI/c1-4-20-19(21-12-18-23-22-14-24(18)5-2)25-11-10-16(13-25)15-6-8-17(26-3)9-7-15;/h6-9,14,16H,4-5,10-13H2,1-3H3,(H,20,21);1H. The van der Waals surface area contributed by atoms with Gasteiger partial charge in [0, 0.05) is 32.1 Å². The van der Waals surface area contributed by atoms with Crippen molar-refractivity contribution in [1.29, 1.82) is 0 Å². The normalized spacial score (nSPS) is 16.9. The molecule has 1 aliphatic rings. The Kier molecular flexibility index (Phi) is 8.33. The van der Waals surface area contributed by atoms with E-state index in [1.165, 1.54) is 5.56 Å². The molecule has 1 saturated heterocycles. The monoisotopic (exact) mass is 484 g/mol. The summed E-state index contributed by atoms with van der Waals surface area (Å²) in [6, 6.07) is 8.41. The molecule has 1 atom stereocenters. The van der Waals surface area contributed by atoms with Crippen molar-refractivity contribution in [2.45, 2.75) is 39.3 Å². The molecule has 1 aromatic carbocycles. The number of rotatable bonds is 6. The summed E-state index contributed by atoms with van der Waals surface area (Å²) in [6.45, 7) is 8.41. The number of nitrogens with one attached hydrogen (secondary N) is 1. The Morgan fingerprint density at radius 3 is 2.74 bits per heavy atom. The van der Waals surface area contributed by atoms with Crippen LogP contribution in [0.5, 0.6) is 5.75 Å². The highest BCUT2D eigenvalue weighted by Gasteiger charge is 2.26. The summed E-state index contributed by atoms with van der Waals surface area (Å²) in [7, 11) is 1.70. The van der Waals surface area contributed by atoms with E-state index in [2.05, 4.69) is 46.4 Å². The number of aliphatic imine (C=N–C) groups is 1. The number of ether oxygens (including phenoxy) is 1. The number of halogens is 1. The van der Waals surface area contributed by atoms with Crippen LogP contribution < -0.4 is 10.1 Å². The second-order valence-corrected chi connectivity index (χ2v) is 6.41. The number of hydrogen-bond donors (Lipinski definition) is 1. The Labute approximate surface area is 178 Å². The minimum atomic E-state index is 0. The van der Waals surface area contributed by atoms with Gasteiger partial charge in [-0.3, -0.25) is 0 Å². The zero-order valence-electron chi connectivity index (χ0n) is 16.3. The molecule has 3 rings (SSSR count). The van der Waals surface area contributed by atoms with Crippen LogP contribution in [0.3, 0.4) is 0 Å². The fourth-order valence-corrected chi connectivity index (χ4v) is 3.34. The zero-order valence-corrected chi connectivity index (χ0v) is 18.6. The molecule has 0 amide bonds.